The third-order valence-electron chi connectivity index (χ3n) is 5.67. The van der Waals surface area contributed by atoms with Crippen molar-refractivity contribution in [1.82, 2.24) is 20.2 Å². The van der Waals surface area contributed by atoms with Crippen LogP contribution in [-0.4, -0.2) is 47.7 Å². The maximum absolute atomic E-state index is 6.64. The summed E-state index contributed by atoms with van der Waals surface area (Å²) in [6.45, 7) is 19.8. The summed E-state index contributed by atoms with van der Waals surface area (Å²) in [6, 6.07) is 0. The number of hydrogen-bond donors (Lipinski definition) is 1. The molecule has 3 heterocycles. The van der Waals surface area contributed by atoms with Gasteiger partial charge in [0, 0.05) is 18.5 Å². The van der Waals surface area contributed by atoms with Gasteiger partial charge in [-0.15, -0.1) is 0 Å². The number of nitrogens with zero attached hydrogens (tertiary/aromatic N) is 4. The molecule has 1 saturated heterocycles. The van der Waals surface area contributed by atoms with Gasteiger partial charge in [0.05, 0.1) is 17.7 Å². The maximum Gasteiger partial charge on any atom is 0.192 e. The number of anilines is 1. The lowest BCUT2D eigenvalue weighted by Gasteiger charge is -2.38. The Hall–Kier alpha value is -1.47. The lowest BCUT2D eigenvalue weighted by atomic mass is 9.95. The van der Waals surface area contributed by atoms with Gasteiger partial charge in [0.25, 0.3) is 0 Å². The van der Waals surface area contributed by atoms with Gasteiger partial charge >= 0.3 is 0 Å². The van der Waals surface area contributed by atoms with E-state index in [-0.39, 0.29) is 16.6 Å². The van der Waals surface area contributed by atoms with Crippen molar-refractivity contribution in [3.63, 3.8) is 0 Å². The summed E-state index contributed by atoms with van der Waals surface area (Å²) in [5, 5.41) is 8.42. The van der Waals surface area contributed by atoms with E-state index in [4.69, 9.17) is 9.41 Å². The van der Waals surface area contributed by atoms with E-state index in [1.54, 1.807) is 0 Å². The zero-order valence-electron chi connectivity index (χ0n) is 17.5. The molecule has 2 aromatic rings. The van der Waals surface area contributed by atoms with Crippen LogP contribution in [0.15, 0.2) is 6.20 Å². The van der Waals surface area contributed by atoms with E-state index in [2.05, 4.69) is 74.7 Å². The van der Waals surface area contributed by atoms with Gasteiger partial charge in [-0.05, 0) is 24.6 Å². The SMILES string of the molecule is CC(C)(C)c1nc(N2CC[C@H](O[Si](C)(C)C(C)(C)C)C2)c2cn[nH]c2n1. The molecule has 0 aliphatic carbocycles. The monoisotopic (exact) mass is 375 g/mol. The number of aromatic nitrogens is 4. The summed E-state index contributed by atoms with van der Waals surface area (Å²) in [4.78, 5) is 11.9. The molecule has 0 unspecified atom stereocenters. The van der Waals surface area contributed by atoms with Gasteiger partial charge in [-0.3, -0.25) is 5.10 Å². The Morgan fingerprint density at radius 1 is 1.15 bits per heavy atom. The highest BCUT2D eigenvalue weighted by molar-refractivity contribution is 6.74. The van der Waals surface area contributed by atoms with Crippen LogP contribution in [0, 0.1) is 0 Å². The smallest absolute Gasteiger partial charge is 0.192 e. The van der Waals surface area contributed by atoms with E-state index in [1.165, 1.54) is 0 Å². The molecule has 0 aromatic carbocycles. The third kappa shape index (κ3) is 3.64. The minimum Gasteiger partial charge on any atom is -0.412 e. The molecule has 1 aliphatic heterocycles. The maximum atomic E-state index is 6.64. The van der Waals surface area contributed by atoms with Crippen LogP contribution >= 0.6 is 0 Å². The fourth-order valence-electron chi connectivity index (χ4n) is 3.01. The number of fused-ring (bicyclic) bond motifs is 1. The van der Waals surface area contributed by atoms with Crippen LogP contribution in [0.2, 0.25) is 18.1 Å². The van der Waals surface area contributed by atoms with Crippen molar-refractivity contribution in [2.24, 2.45) is 0 Å². The molecule has 0 radical (unpaired) electrons. The first kappa shape index (κ1) is 19.3. The molecule has 2 aromatic heterocycles. The molecule has 0 saturated carbocycles. The molecule has 26 heavy (non-hydrogen) atoms. The normalized spacial score (nSPS) is 19.5. The topological polar surface area (TPSA) is 66.9 Å². The summed E-state index contributed by atoms with van der Waals surface area (Å²) in [6.07, 6.45) is 3.14. The number of aromatic amines is 1. The second-order valence-electron chi connectivity index (χ2n) is 9.99. The zero-order valence-corrected chi connectivity index (χ0v) is 18.5. The Morgan fingerprint density at radius 2 is 1.85 bits per heavy atom. The second kappa shape index (κ2) is 6.30. The van der Waals surface area contributed by atoms with Crippen molar-refractivity contribution in [3.05, 3.63) is 12.0 Å². The van der Waals surface area contributed by atoms with Crippen molar-refractivity contribution in [2.75, 3.05) is 18.0 Å². The van der Waals surface area contributed by atoms with Gasteiger partial charge in [0.1, 0.15) is 11.6 Å². The van der Waals surface area contributed by atoms with E-state index in [0.29, 0.717) is 0 Å². The van der Waals surface area contributed by atoms with E-state index in [0.717, 1.165) is 42.2 Å². The van der Waals surface area contributed by atoms with E-state index >= 15 is 0 Å². The van der Waals surface area contributed by atoms with E-state index in [9.17, 15) is 0 Å². The summed E-state index contributed by atoms with van der Waals surface area (Å²) in [5.74, 6) is 1.83. The number of H-pyrrole nitrogens is 1. The van der Waals surface area contributed by atoms with Gasteiger partial charge in [-0.2, -0.15) is 5.10 Å². The number of nitrogens with one attached hydrogen (secondary N) is 1. The fraction of sp³-hybridized carbons (Fsp3) is 0.737. The lowest BCUT2D eigenvalue weighted by Crippen LogP contribution is -2.44. The summed E-state index contributed by atoms with van der Waals surface area (Å²) >= 11 is 0. The average molecular weight is 376 g/mol. The van der Waals surface area contributed by atoms with Crippen LogP contribution in [-0.2, 0) is 9.84 Å². The van der Waals surface area contributed by atoms with Gasteiger partial charge in [-0.1, -0.05) is 41.5 Å². The molecule has 0 spiro atoms. The molecule has 6 nitrogen and oxygen atoms in total. The first-order valence-electron chi connectivity index (χ1n) is 9.53. The van der Waals surface area contributed by atoms with Crippen LogP contribution in [0.4, 0.5) is 5.82 Å². The molecule has 0 amide bonds. The fourth-order valence-corrected chi connectivity index (χ4v) is 4.39. The highest BCUT2D eigenvalue weighted by atomic mass is 28.4. The first-order valence-corrected chi connectivity index (χ1v) is 12.4. The van der Waals surface area contributed by atoms with Crippen LogP contribution in [0.25, 0.3) is 11.0 Å². The predicted molar refractivity (Wildman–Crippen MR) is 109 cm³/mol. The van der Waals surface area contributed by atoms with Crippen molar-refractivity contribution >= 4 is 25.2 Å². The second-order valence-corrected chi connectivity index (χ2v) is 14.7. The lowest BCUT2D eigenvalue weighted by molar-refractivity contribution is 0.202. The average Bonchev–Trinajstić information content (AvgIpc) is 3.12. The Balaban J connectivity index is 1.86. The zero-order chi connectivity index (χ0) is 19.3. The van der Waals surface area contributed by atoms with Gasteiger partial charge in [0.2, 0.25) is 0 Å². The van der Waals surface area contributed by atoms with Crippen LogP contribution in [0.1, 0.15) is 53.8 Å². The summed E-state index contributed by atoms with van der Waals surface area (Å²) < 4.78 is 6.64. The molecular formula is C19H33N5OSi. The number of hydrogen-bond acceptors (Lipinski definition) is 5. The van der Waals surface area contributed by atoms with Crippen molar-refractivity contribution in [3.8, 4) is 0 Å². The molecule has 3 rings (SSSR count). The quantitative estimate of drug-likeness (QED) is 0.812. The minimum absolute atomic E-state index is 0.106. The Bertz CT molecular complexity index is 787. The molecular weight excluding hydrogens is 342 g/mol. The molecule has 7 heteroatoms. The van der Waals surface area contributed by atoms with Gasteiger partial charge in [0.15, 0.2) is 14.0 Å². The van der Waals surface area contributed by atoms with Gasteiger partial charge in [-0.25, -0.2) is 9.97 Å². The Kier molecular flexibility index (Phi) is 4.68. The molecule has 1 aliphatic rings. The summed E-state index contributed by atoms with van der Waals surface area (Å²) in [7, 11) is -1.76. The molecule has 0 bridgehead atoms. The van der Waals surface area contributed by atoms with Crippen molar-refractivity contribution in [2.45, 2.75) is 77.6 Å². The van der Waals surface area contributed by atoms with E-state index in [1.807, 2.05) is 6.20 Å². The highest BCUT2D eigenvalue weighted by Gasteiger charge is 2.41. The van der Waals surface area contributed by atoms with Crippen LogP contribution < -0.4 is 4.90 Å². The van der Waals surface area contributed by atoms with Crippen molar-refractivity contribution in [1.29, 1.82) is 0 Å². The molecule has 1 N–H and O–H groups in total. The van der Waals surface area contributed by atoms with Crippen molar-refractivity contribution < 1.29 is 4.43 Å². The number of rotatable bonds is 3. The minimum atomic E-state index is -1.76. The molecule has 144 valence electrons. The largest absolute Gasteiger partial charge is 0.412 e. The Labute approximate surface area is 157 Å². The molecule has 1 fully saturated rings. The van der Waals surface area contributed by atoms with Crippen LogP contribution in [0.3, 0.4) is 0 Å². The first-order chi connectivity index (χ1) is 11.9. The summed E-state index contributed by atoms with van der Waals surface area (Å²) in [5.41, 5.74) is 0.707. The molecule has 1 atom stereocenters. The third-order valence-corrected chi connectivity index (χ3v) is 10.2. The van der Waals surface area contributed by atoms with E-state index < -0.39 is 8.32 Å². The van der Waals surface area contributed by atoms with Gasteiger partial charge < -0.3 is 9.33 Å². The highest BCUT2D eigenvalue weighted by Crippen LogP contribution is 2.39. The predicted octanol–water partition coefficient (Wildman–Crippen LogP) is 4.25. The standard InChI is InChI=1S/C19H33N5OSi/c1-18(2,3)17-21-15-14(11-20-23-15)16(22-17)24-10-9-13(12-24)25-26(7,8)19(4,5)6/h11,13H,9-10,12H2,1-8H3,(H,20,21,22,23)/t13-/m0/s1. The Morgan fingerprint density at radius 3 is 2.46 bits per heavy atom. The van der Waals surface area contributed by atoms with Crippen LogP contribution in [0.5, 0.6) is 0 Å².